The number of carboxylic acids is 1. The van der Waals surface area contributed by atoms with Gasteiger partial charge in [0.15, 0.2) is 0 Å². The van der Waals surface area contributed by atoms with Crippen LogP contribution in [-0.4, -0.2) is 20.6 Å². The van der Waals surface area contributed by atoms with Crippen molar-refractivity contribution in [2.24, 2.45) is 7.05 Å². The van der Waals surface area contributed by atoms with E-state index in [0.717, 1.165) is 11.0 Å². The van der Waals surface area contributed by atoms with Crippen molar-refractivity contribution in [3.8, 4) is 0 Å². The van der Waals surface area contributed by atoms with E-state index in [2.05, 4.69) is 4.98 Å². The number of nitrogens with one attached hydrogen (secondary N) is 1. The Kier molecular flexibility index (Phi) is 1.24. The minimum absolute atomic E-state index is 0.233. The molecule has 0 aliphatic rings. The summed E-state index contributed by atoms with van der Waals surface area (Å²) < 4.78 is 1.85. The van der Waals surface area contributed by atoms with Gasteiger partial charge in [0, 0.05) is 18.6 Å². The number of aromatic amines is 1. The maximum absolute atomic E-state index is 10.5. The average molecular weight is 164 g/mol. The summed E-state index contributed by atoms with van der Waals surface area (Å²) in [5, 5.41) is 9.58. The zero-order valence-corrected chi connectivity index (χ0v) is 6.53. The van der Waals surface area contributed by atoms with Crippen LogP contribution in [0.2, 0.25) is 0 Å². The van der Waals surface area contributed by atoms with E-state index in [1.807, 2.05) is 23.9 Å². The molecule has 2 N–H and O–H groups in total. The quantitative estimate of drug-likeness (QED) is 0.665. The van der Waals surface area contributed by atoms with Crippen LogP contribution in [-0.2, 0) is 7.05 Å². The Labute approximate surface area is 68.4 Å². The molecule has 12 heavy (non-hydrogen) atoms. The van der Waals surface area contributed by atoms with Gasteiger partial charge in [-0.2, -0.15) is 0 Å². The molecule has 2 aromatic heterocycles. The Morgan fingerprint density at radius 3 is 3.00 bits per heavy atom. The van der Waals surface area contributed by atoms with Crippen molar-refractivity contribution >= 4 is 17.0 Å². The first kappa shape index (κ1) is 6.97. The van der Waals surface area contributed by atoms with Gasteiger partial charge in [-0.3, -0.25) is 0 Å². The number of carboxylic acid groups (broad SMARTS) is 1. The van der Waals surface area contributed by atoms with Gasteiger partial charge in [0.25, 0.3) is 0 Å². The Hall–Kier alpha value is -1.71. The second-order valence-electron chi connectivity index (χ2n) is 2.72. The lowest BCUT2D eigenvalue weighted by molar-refractivity contribution is 0.0691. The third-order valence-corrected chi connectivity index (χ3v) is 1.89. The third-order valence-electron chi connectivity index (χ3n) is 1.89. The molecule has 0 aromatic carbocycles. The van der Waals surface area contributed by atoms with E-state index in [1.54, 1.807) is 6.07 Å². The number of hydrogen-bond acceptors (Lipinski definition) is 1. The molecule has 2 aromatic rings. The number of rotatable bonds is 1. The molecule has 0 atom stereocenters. The van der Waals surface area contributed by atoms with Gasteiger partial charge in [-0.1, -0.05) is 0 Å². The molecule has 0 spiro atoms. The third kappa shape index (κ3) is 0.812. The highest BCUT2D eigenvalue weighted by molar-refractivity contribution is 5.92. The van der Waals surface area contributed by atoms with Crippen molar-refractivity contribution in [2.45, 2.75) is 0 Å². The van der Waals surface area contributed by atoms with Crippen molar-refractivity contribution in [1.82, 2.24) is 9.55 Å². The van der Waals surface area contributed by atoms with Gasteiger partial charge in [-0.15, -0.1) is 0 Å². The van der Waals surface area contributed by atoms with E-state index in [9.17, 15) is 4.79 Å². The summed E-state index contributed by atoms with van der Waals surface area (Å²) in [6, 6.07) is 3.50. The number of aromatic nitrogens is 2. The summed E-state index contributed by atoms with van der Waals surface area (Å²) in [6.45, 7) is 0. The molecule has 0 aliphatic heterocycles. The van der Waals surface area contributed by atoms with Crippen LogP contribution in [0.3, 0.4) is 0 Å². The summed E-state index contributed by atoms with van der Waals surface area (Å²) in [5.41, 5.74) is 1.07. The fraction of sp³-hybridized carbons (Fsp3) is 0.125. The monoisotopic (exact) mass is 164 g/mol. The van der Waals surface area contributed by atoms with Crippen molar-refractivity contribution in [3.63, 3.8) is 0 Å². The fourth-order valence-corrected chi connectivity index (χ4v) is 1.26. The predicted octanol–water partition coefficient (Wildman–Crippen LogP) is 1.20. The van der Waals surface area contributed by atoms with E-state index < -0.39 is 5.97 Å². The lowest BCUT2D eigenvalue weighted by Gasteiger charge is -1.89. The molecule has 2 heterocycles. The Balaban J connectivity index is 2.70. The zero-order valence-electron chi connectivity index (χ0n) is 6.53. The first-order valence-corrected chi connectivity index (χ1v) is 3.56. The largest absolute Gasteiger partial charge is 0.477 e. The fourth-order valence-electron chi connectivity index (χ4n) is 1.26. The van der Waals surface area contributed by atoms with Gasteiger partial charge in [0.2, 0.25) is 0 Å². The summed E-state index contributed by atoms with van der Waals surface area (Å²) in [5.74, 6) is -0.925. The smallest absolute Gasteiger partial charge is 0.352 e. The molecule has 0 amide bonds. The molecular formula is C8H8N2O2. The summed E-state index contributed by atoms with van der Waals surface area (Å²) >= 11 is 0. The predicted molar refractivity (Wildman–Crippen MR) is 44.2 cm³/mol. The molecule has 0 saturated heterocycles. The van der Waals surface area contributed by atoms with Crippen LogP contribution in [0.5, 0.6) is 0 Å². The van der Waals surface area contributed by atoms with Crippen LogP contribution in [0.4, 0.5) is 0 Å². The van der Waals surface area contributed by atoms with Crippen LogP contribution in [0.1, 0.15) is 10.5 Å². The molecule has 0 saturated carbocycles. The number of hydrogen-bond donors (Lipinski definition) is 2. The standard InChI is InChI=1S/C8H8N2O2/c1-10-3-2-5-4-6(8(11)12)9-7(5)10/h2-4,9H,1H3,(H,11,12). The molecule has 0 unspecified atom stereocenters. The molecule has 0 bridgehead atoms. The van der Waals surface area contributed by atoms with Gasteiger partial charge in [-0.25, -0.2) is 4.79 Å². The maximum atomic E-state index is 10.5. The maximum Gasteiger partial charge on any atom is 0.352 e. The van der Waals surface area contributed by atoms with Gasteiger partial charge < -0.3 is 14.7 Å². The number of aromatic carboxylic acids is 1. The molecule has 62 valence electrons. The SMILES string of the molecule is Cn1ccc2cc(C(=O)O)[nH]c21. The molecular weight excluding hydrogens is 156 g/mol. The summed E-state index contributed by atoms with van der Waals surface area (Å²) in [4.78, 5) is 13.3. The Bertz CT molecular complexity index is 439. The minimum Gasteiger partial charge on any atom is -0.477 e. The number of carbonyl (C=O) groups is 1. The summed E-state index contributed by atoms with van der Waals surface area (Å²) in [7, 11) is 1.87. The van der Waals surface area contributed by atoms with Gasteiger partial charge in [-0.05, 0) is 12.1 Å². The van der Waals surface area contributed by atoms with Crippen LogP contribution in [0.25, 0.3) is 11.0 Å². The first-order valence-electron chi connectivity index (χ1n) is 3.56. The molecule has 2 rings (SSSR count). The van der Waals surface area contributed by atoms with Gasteiger partial charge >= 0.3 is 5.97 Å². The van der Waals surface area contributed by atoms with Crippen molar-refractivity contribution < 1.29 is 9.90 Å². The van der Waals surface area contributed by atoms with Gasteiger partial charge in [0.1, 0.15) is 11.3 Å². The van der Waals surface area contributed by atoms with Crippen LogP contribution >= 0.6 is 0 Å². The lowest BCUT2D eigenvalue weighted by atomic mass is 10.4. The van der Waals surface area contributed by atoms with Crippen molar-refractivity contribution in [2.75, 3.05) is 0 Å². The highest BCUT2D eigenvalue weighted by Gasteiger charge is 2.08. The highest BCUT2D eigenvalue weighted by Crippen LogP contribution is 2.15. The Morgan fingerprint density at radius 2 is 2.42 bits per heavy atom. The van der Waals surface area contributed by atoms with E-state index in [-0.39, 0.29) is 5.69 Å². The highest BCUT2D eigenvalue weighted by atomic mass is 16.4. The van der Waals surface area contributed by atoms with Crippen LogP contribution < -0.4 is 0 Å². The average Bonchev–Trinajstić information content (AvgIpc) is 2.53. The van der Waals surface area contributed by atoms with Crippen molar-refractivity contribution in [3.05, 3.63) is 24.0 Å². The van der Waals surface area contributed by atoms with Crippen molar-refractivity contribution in [1.29, 1.82) is 0 Å². The summed E-state index contributed by atoms with van der Waals surface area (Å²) in [6.07, 6.45) is 1.88. The second-order valence-corrected chi connectivity index (χ2v) is 2.72. The lowest BCUT2D eigenvalue weighted by Crippen LogP contribution is -1.96. The first-order chi connectivity index (χ1) is 5.68. The number of fused-ring (bicyclic) bond motifs is 1. The van der Waals surface area contributed by atoms with E-state index in [4.69, 9.17) is 5.11 Å². The minimum atomic E-state index is -0.925. The molecule has 4 heteroatoms. The van der Waals surface area contributed by atoms with Crippen LogP contribution in [0.15, 0.2) is 18.3 Å². The van der Waals surface area contributed by atoms with Crippen LogP contribution in [0, 0.1) is 0 Å². The molecule has 4 nitrogen and oxygen atoms in total. The van der Waals surface area contributed by atoms with E-state index >= 15 is 0 Å². The molecule has 0 radical (unpaired) electrons. The second kappa shape index (κ2) is 2.14. The normalized spacial score (nSPS) is 10.8. The Morgan fingerprint density at radius 1 is 1.67 bits per heavy atom. The number of nitrogens with zero attached hydrogens (tertiary/aromatic N) is 1. The van der Waals surface area contributed by atoms with Gasteiger partial charge in [0.05, 0.1) is 0 Å². The topological polar surface area (TPSA) is 58.0 Å². The van der Waals surface area contributed by atoms with E-state index in [1.165, 1.54) is 0 Å². The molecule has 0 fully saturated rings. The number of H-pyrrole nitrogens is 1. The van der Waals surface area contributed by atoms with E-state index in [0.29, 0.717) is 0 Å². The molecule has 0 aliphatic carbocycles. The number of aryl methyl sites for hydroxylation is 1. The zero-order chi connectivity index (χ0) is 8.72.